The van der Waals surface area contributed by atoms with Gasteiger partial charge in [0, 0.05) is 25.3 Å². The van der Waals surface area contributed by atoms with Crippen LogP contribution < -0.4 is 10.6 Å². The van der Waals surface area contributed by atoms with Gasteiger partial charge in [-0.3, -0.25) is 0 Å². The average molecular weight is 218 g/mol. The lowest BCUT2D eigenvalue weighted by Crippen LogP contribution is -2.34. The Morgan fingerprint density at radius 1 is 1.44 bits per heavy atom. The molecule has 0 amide bonds. The highest BCUT2D eigenvalue weighted by Gasteiger charge is 2.17. The van der Waals surface area contributed by atoms with Gasteiger partial charge >= 0.3 is 0 Å². The maximum Gasteiger partial charge on any atom is 0.0396 e. The van der Waals surface area contributed by atoms with Gasteiger partial charge in [0.1, 0.15) is 0 Å². The number of nitrogens with two attached hydrogens (primary N) is 1. The van der Waals surface area contributed by atoms with Crippen LogP contribution in [0.1, 0.15) is 30.9 Å². The standard InChI is InChI=1S/C14H22N2/c1-11-4-3-7-16(10-11)14-6-5-13(9-15)8-12(14)2/h5-6,8,11H,3-4,7,9-10,15H2,1-2H3. The normalized spacial score (nSPS) is 21.2. The summed E-state index contributed by atoms with van der Waals surface area (Å²) in [5.41, 5.74) is 9.63. The molecule has 1 aromatic rings. The fraction of sp³-hybridized carbons (Fsp3) is 0.571. The molecule has 2 rings (SSSR count). The van der Waals surface area contributed by atoms with Crippen molar-refractivity contribution in [3.63, 3.8) is 0 Å². The molecule has 1 fully saturated rings. The number of anilines is 1. The lowest BCUT2D eigenvalue weighted by atomic mass is 9.98. The van der Waals surface area contributed by atoms with Crippen molar-refractivity contribution >= 4 is 5.69 Å². The molecule has 0 radical (unpaired) electrons. The van der Waals surface area contributed by atoms with Crippen LogP contribution >= 0.6 is 0 Å². The molecule has 88 valence electrons. The van der Waals surface area contributed by atoms with Crippen molar-refractivity contribution in [1.29, 1.82) is 0 Å². The molecule has 0 aromatic heterocycles. The molecule has 16 heavy (non-hydrogen) atoms. The zero-order valence-electron chi connectivity index (χ0n) is 10.4. The molecule has 2 nitrogen and oxygen atoms in total. The summed E-state index contributed by atoms with van der Waals surface area (Å²) in [5.74, 6) is 0.822. The first kappa shape index (κ1) is 11.5. The predicted molar refractivity (Wildman–Crippen MR) is 69.7 cm³/mol. The second-order valence-corrected chi connectivity index (χ2v) is 5.02. The Balaban J connectivity index is 2.19. The molecule has 2 N–H and O–H groups in total. The predicted octanol–water partition coefficient (Wildman–Crippen LogP) is 2.69. The van der Waals surface area contributed by atoms with Gasteiger partial charge in [-0.25, -0.2) is 0 Å². The Kier molecular flexibility index (Phi) is 3.49. The average Bonchev–Trinajstić information content (AvgIpc) is 2.28. The summed E-state index contributed by atoms with van der Waals surface area (Å²) in [6.45, 7) is 7.57. The van der Waals surface area contributed by atoms with Crippen molar-refractivity contribution in [2.45, 2.75) is 33.2 Å². The lowest BCUT2D eigenvalue weighted by Gasteiger charge is -2.34. The Morgan fingerprint density at radius 2 is 2.25 bits per heavy atom. The van der Waals surface area contributed by atoms with Crippen molar-refractivity contribution < 1.29 is 0 Å². The Morgan fingerprint density at radius 3 is 2.88 bits per heavy atom. The minimum atomic E-state index is 0.636. The highest BCUT2D eigenvalue weighted by Crippen LogP contribution is 2.26. The van der Waals surface area contributed by atoms with E-state index in [0.29, 0.717) is 6.54 Å². The zero-order valence-corrected chi connectivity index (χ0v) is 10.4. The Labute approximate surface area is 98.4 Å². The van der Waals surface area contributed by atoms with Gasteiger partial charge in [-0.05, 0) is 42.9 Å². The summed E-state index contributed by atoms with van der Waals surface area (Å²) < 4.78 is 0. The SMILES string of the molecule is Cc1cc(CN)ccc1N1CCCC(C)C1. The summed E-state index contributed by atoms with van der Waals surface area (Å²) in [4.78, 5) is 2.52. The largest absolute Gasteiger partial charge is 0.371 e. The second-order valence-electron chi connectivity index (χ2n) is 5.02. The van der Waals surface area contributed by atoms with E-state index < -0.39 is 0 Å². The molecule has 1 aromatic carbocycles. The minimum absolute atomic E-state index is 0.636. The van der Waals surface area contributed by atoms with Crippen LogP contribution in [0.3, 0.4) is 0 Å². The number of aryl methyl sites for hydroxylation is 1. The van der Waals surface area contributed by atoms with Crippen LogP contribution in [0, 0.1) is 12.8 Å². The number of piperidine rings is 1. The first-order valence-corrected chi connectivity index (χ1v) is 6.25. The topological polar surface area (TPSA) is 29.3 Å². The van der Waals surface area contributed by atoms with E-state index in [4.69, 9.17) is 5.73 Å². The molecule has 0 bridgehead atoms. The van der Waals surface area contributed by atoms with Crippen LogP contribution in [-0.4, -0.2) is 13.1 Å². The van der Waals surface area contributed by atoms with Gasteiger partial charge in [-0.2, -0.15) is 0 Å². The summed E-state index contributed by atoms with van der Waals surface area (Å²) in [5, 5.41) is 0. The number of hydrogen-bond acceptors (Lipinski definition) is 2. The first-order valence-electron chi connectivity index (χ1n) is 6.25. The molecular weight excluding hydrogens is 196 g/mol. The quantitative estimate of drug-likeness (QED) is 0.827. The highest BCUT2D eigenvalue weighted by atomic mass is 15.1. The van der Waals surface area contributed by atoms with E-state index in [9.17, 15) is 0 Å². The van der Waals surface area contributed by atoms with Gasteiger partial charge in [-0.15, -0.1) is 0 Å². The monoisotopic (exact) mass is 218 g/mol. The Hall–Kier alpha value is -1.02. The fourth-order valence-electron chi connectivity index (χ4n) is 2.61. The summed E-state index contributed by atoms with van der Waals surface area (Å²) >= 11 is 0. The van der Waals surface area contributed by atoms with Crippen LogP contribution in [0.2, 0.25) is 0 Å². The second kappa shape index (κ2) is 4.88. The van der Waals surface area contributed by atoms with Crippen molar-refractivity contribution in [3.05, 3.63) is 29.3 Å². The minimum Gasteiger partial charge on any atom is -0.371 e. The molecular formula is C14H22N2. The van der Waals surface area contributed by atoms with E-state index in [0.717, 1.165) is 5.92 Å². The first-order chi connectivity index (χ1) is 7.70. The van der Waals surface area contributed by atoms with Crippen LogP contribution in [0.15, 0.2) is 18.2 Å². The zero-order chi connectivity index (χ0) is 11.5. The van der Waals surface area contributed by atoms with Crippen LogP contribution in [-0.2, 0) is 6.54 Å². The third-order valence-corrected chi connectivity index (χ3v) is 3.49. The van der Waals surface area contributed by atoms with E-state index >= 15 is 0 Å². The molecule has 1 heterocycles. The molecule has 2 heteroatoms. The Bertz CT molecular complexity index is 360. The molecule has 0 saturated carbocycles. The van der Waals surface area contributed by atoms with Gasteiger partial charge in [0.05, 0.1) is 0 Å². The van der Waals surface area contributed by atoms with Crippen molar-refractivity contribution in [2.75, 3.05) is 18.0 Å². The van der Waals surface area contributed by atoms with Gasteiger partial charge in [0.25, 0.3) is 0 Å². The van der Waals surface area contributed by atoms with Gasteiger partial charge in [-0.1, -0.05) is 19.1 Å². The van der Waals surface area contributed by atoms with Gasteiger partial charge in [0.2, 0.25) is 0 Å². The van der Waals surface area contributed by atoms with Gasteiger partial charge < -0.3 is 10.6 Å². The fourth-order valence-corrected chi connectivity index (χ4v) is 2.61. The van der Waals surface area contributed by atoms with Crippen LogP contribution in [0.4, 0.5) is 5.69 Å². The molecule has 0 aliphatic carbocycles. The molecule has 1 aliphatic heterocycles. The molecule has 1 unspecified atom stereocenters. The van der Waals surface area contributed by atoms with E-state index in [1.807, 2.05) is 0 Å². The van der Waals surface area contributed by atoms with E-state index in [1.165, 1.54) is 42.7 Å². The summed E-state index contributed by atoms with van der Waals surface area (Å²) in [6, 6.07) is 6.60. The molecule has 1 atom stereocenters. The van der Waals surface area contributed by atoms with E-state index in [2.05, 4.69) is 36.9 Å². The van der Waals surface area contributed by atoms with E-state index in [1.54, 1.807) is 0 Å². The maximum atomic E-state index is 5.66. The van der Waals surface area contributed by atoms with E-state index in [-0.39, 0.29) is 0 Å². The number of hydrogen-bond donors (Lipinski definition) is 1. The molecule has 1 aliphatic rings. The third kappa shape index (κ3) is 2.38. The third-order valence-electron chi connectivity index (χ3n) is 3.49. The summed E-state index contributed by atoms with van der Waals surface area (Å²) in [7, 11) is 0. The van der Waals surface area contributed by atoms with Crippen molar-refractivity contribution in [3.8, 4) is 0 Å². The van der Waals surface area contributed by atoms with Crippen molar-refractivity contribution in [2.24, 2.45) is 11.7 Å². The maximum absolute atomic E-state index is 5.66. The number of benzene rings is 1. The number of nitrogens with zero attached hydrogens (tertiary/aromatic N) is 1. The summed E-state index contributed by atoms with van der Waals surface area (Å²) in [6.07, 6.45) is 2.69. The smallest absolute Gasteiger partial charge is 0.0396 e. The van der Waals surface area contributed by atoms with Crippen molar-refractivity contribution in [1.82, 2.24) is 0 Å². The highest BCUT2D eigenvalue weighted by molar-refractivity contribution is 5.54. The van der Waals surface area contributed by atoms with Crippen LogP contribution in [0.25, 0.3) is 0 Å². The molecule has 0 spiro atoms. The van der Waals surface area contributed by atoms with Gasteiger partial charge in [0.15, 0.2) is 0 Å². The lowest BCUT2D eigenvalue weighted by molar-refractivity contribution is 0.446. The molecule has 1 saturated heterocycles. The number of rotatable bonds is 2. The van der Waals surface area contributed by atoms with Crippen LogP contribution in [0.5, 0.6) is 0 Å².